The van der Waals surface area contributed by atoms with E-state index in [1.54, 1.807) is 6.07 Å². The lowest BCUT2D eigenvalue weighted by Crippen LogP contribution is -2.15. The third-order valence-corrected chi connectivity index (χ3v) is 4.00. The number of nitrogens with one attached hydrogen (secondary N) is 1. The Morgan fingerprint density at radius 1 is 1.25 bits per heavy atom. The summed E-state index contributed by atoms with van der Waals surface area (Å²) in [5.74, 6) is -0.239. The van der Waals surface area contributed by atoms with E-state index < -0.39 is 0 Å². The van der Waals surface area contributed by atoms with Crippen LogP contribution in [0.1, 0.15) is 25.3 Å². The summed E-state index contributed by atoms with van der Waals surface area (Å²) in [4.78, 5) is 12.1. The molecular weight excluding hydrogens is 297 g/mol. The zero-order chi connectivity index (χ0) is 14.5. The van der Waals surface area contributed by atoms with Gasteiger partial charge in [0.05, 0.1) is 16.7 Å². The summed E-state index contributed by atoms with van der Waals surface area (Å²) >= 11 is 12.0. The Hall–Kier alpha value is -1.03. The van der Waals surface area contributed by atoms with E-state index in [9.17, 15) is 4.79 Å². The predicted octanol–water partition coefficient (Wildman–Crippen LogP) is 3.69. The van der Waals surface area contributed by atoms with Gasteiger partial charge in [0.25, 0.3) is 0 Å². The van der Waals surface area contributed by atoms with Gasteiger partial charge >= 0.3 is 5.97 Å². The highest BCUT2D eigenvalue weighted by atomic mass is 35.5. The van der Waals surface area contributed by atoms with Crippen LogP contribution in [0.3, 0.4) is 0 Å². The van der Waals surface area contributed by atoms with Gasteiger partial charge in [0.1, 0.15) is 0 Å². The molecule has 1 heterocycles. The summed E-state index contributed by atoms with van der Waals surface area (Å²) < 4.78 is 5.16. The van der Waals surface area contributed by atoms with Gasteiger partial charge in [-0.2, -0.15) is 0 Å². The van der Waals surface area contributed by atoms with Gasteiger partial charge in [0.15, 0.2) is 0 Å². The Balaban J connectivity index is 2.44. The molecular formula is C15H17Cl2NO2. The van der Waals surface area contributed by atoms with Gasteiger partial charge in [-0.15, -0.1) is 0 Å². The summed E-state index contributed by atoms with van der Waals surface area (Å²) in [5, 5.41) is 4.30. The Morgan fingerprint density at radius 3 is 2.70 bits per heavy atom. The minimum Gasteiger partial charge on any atom is -0.463 e. The molecule has 1 aromatic rings. The van der Waals surface area contributed by atoms with Crippen molar-refractivity contribution in [2.45, 2.75) is 19.8 Å². The zero-order valence-corrected chi connectivity index (χ0v) is 12.9. The maximum absolute atomic E-state index is 12.1. The number of rotatable bonds is 3. The van der Waals surface area contributed by atoms with E-state index in [1.807, 2.05) is 19.1 Å². The molecule has 0 bridgehead atoms. The summed E-state index contributed by atoms with van der Waals surface area (Å²) in [6.07, 6.45) is 1.43. The van der Waals surface area contributed by atoms with Gasteiger partial charge in [-0.25, -0.2) is 4.79 Å². The summed E-state index contributed by atoms with van der Waals surface area (Å²) in [7, 11) is 0. The molecule has 0 amide bonds. The van der Waals surface area contributed by atoms with Crippen molar-refractivity contribution < 1.29 is 9.53 Å². The molecule has 20 heavy (non-hydrogen) atoms. The lowest BCUT2D eigenvalue weighted by atomic mass is 9.96. The van der Waals surface area contributed by atoms with Crippen LogP contribution in [-0.4, -0.2) is 25.7 Å². The van der Waals surface area contributed by atoms with Gasteiger partial charge < -0.3 is 10.1 Å². The normalized spacial score (nSPS) is 15.9. The van der Waals surface area contributed by atoms with E-state index in [-0.39, 0.29) is 5.97 Å². The van der Waals surface area contributed by atoms with Crippen molar-refractivity contribution >= 4 is 34.7 Å². The second kappa shape index (κ2) is 7.11. The zero-order valence-electron chi connectivity index (χ0n) is 11.3. The smallest absolute Gasteiger partial charge is 0.334 e. The number of esters is 1. The van der Waals surface area contributed by atoms with E-state index in [4.69, 9.17) is 27.9 Å². The van der Waals surface area contributed by atoms with Crippen LogP contribution in [0, 0.1) is 0 Å². The molecule has 3 nitrogen and oxygen atoms in total. The summed E-state index contributed by atoms with van der Waals surface area (Å²) in [6.45, 7) is 3.80. The molecule has 0 radical (unpaired) electrons. The number of hydrogen-bond acceptors (Lipinski definition) is 3. The van der Waals surface area contributed by atoms with E-state index >= 15 is 0 Å². The van der Waals surface area contributed by atoms with E-state index in [1.165, 1.54) is 0 Å². The van der Waals surface area contributed by atoms with Crippen molar-refractivity contribution in [1.82, 2.24) is 5.32 Å². The molecule has 1 N–H and O–H groups in total. The third kappa shape index (κ3) is 3.54. The number of hydrogen-bond donors (Lipinski definition) is 1. The molecule has 0 atom stereocenters. The molecule has 0 aliphatic carbocycles. The molecule has 0 spiro atoms. The molecule has 0 aromatic heterocycles. The highest BCUT2D eigenvalue weighted by Crippen LogP contribution is 2.31. The Kier molecular flexibility index (Phi) is 5.46. The number of ether oxygens (including phenoxy) is 1. The molecule has 0 saturated carbocycles. The average Bonchev–Trinajstić information content (AvgIpc) is 2.68. The fourth-order valence-corrected chi connectivity index (χ4v) is 2.60. The van der Waals surface area contributed by atoms with E-state index in [2.05, 4.69) is 5.32 Å². The SMILES string of the molecule is CCOC(=O)C1=C(c2ccc(Cl)c(Cl)c2)CCNCC1. The standard InChI is InChI=1S/C15H17Cl2NO2/c1-2-20-15(19)12-6-8-18-7-5-11(12)10-3-4-13(16)14(17)9-10/h3-4,9,18H,2,5-8H2,1H3. The van der Waals surface area contributed by atoms with Crippen LogP contribution in [0.25, 0.3) is 5.57 Å². The number of benzene rings is 1. The number of carbonyl (C=O) groups is 1. The topological polar surface area (TPSA) is 38.3 Å². The largest absolute Gasteiger partial charge is 0.463 e. The van der Waals surface area contributed by atoms with Crippen molar-refractivity contribution in [1.29, 1.82) is 0 Å². The maximum atomic E-state index is 12.1. The van der Waals surface area contributed by atoms with E-state index in [0.29, 0.717) is 23.1 Å². The highest BCUT2D eigenvalue weighted by molar-refractivity contribution is 6.42. The summed E-state index contributed by atoms with van der Waals surface area (Å²) in [6, 6.07) is 5.46. The predicted molar refractivity (Wildman–Crippen MR) is 82.1 cm³/mol. The van der Waals surface area contributed by atoms with Crippen LogP contribution >= 0.6 is 23.2 Å². The number of halogens is 2. The lowest BCUT2D eigenvalue weighted by Gasteiger charge is -2.12. The van der Waals surface area contributed by atoms with Crippen molar-refractivity contribution in [2.75, 3.05) is 19.7 Å². The highest BCUT2D eigenvalue weighted by Gasteiger charge is 2.20. The van der Waals surface area contributed by atoms with Crippen molar-refractivity contribution in [3.05, 3.63) is 39.4 Å². The van der Waals surface area contributed by atoms with E-state index in [0.717, 1.165) is 36.2 Å². The fraction of sp³-hybridized carbons (Fsp3) is 0.400. The molecule has 0 saturated heterocycles. The van der Waals surface area contributed by atoms with Gasteiger partial charge in [0.2, 0.25) is 0 Å². The second-order valence-corrected chi connectivity index (χ2v) is 5.37. The molecule has 5 heteroatoms. The van der Waals surface area contributed by atoms with Gasteiger partial charge in [-0.3, -0.25) is 0 Å². The first-order valence-electron chi connectivity index (χ1n) is 6.68. The van der Waals surface area contributed by atoms with Crippen molar-refractivity contribution in [3.63, 3.8) is 0 Å². The second-order valence-electron chi connectivity index (χ2n) is 4.56. The first kappa shape index (κ1) is 15.4. The van der Waals surface area contributed by atoms with Crippen LogP contribution in [-0.2, 0) is 9.53 Å². The van der Waals surface area contributed by atoms with Crippen LogP contribution in [0.2, 0.25) is 10.0 Å². The summed E-state index contributed by atoms with van der Waals surface area (Å²) in [5.41, 5.74) is 2.66. The van der Waals surface area contributed by atoms with Gasteiger partial charge in [-0.1, -0.05) is 29.3 Å². The minimum absolute atomic E-state index is 0.239. The minimum atomic E-state index is -0.239. The molecule has 108 valence electrons. The molecule has 1 aliphatic rings. The average molecular weight is 314 g/mol. The Bertz CT molecular complexity index is 541. The van der Waals surface area contributed by atoms with Gasteiger partial charge in [-0.05, 0) is 56.1 Å². The first-order chi connectivity index (χ1) is 9.63. The quantitative estimate of drug-likeness (QED) is 0.865. The van der Waals surface area contributed by atoms with Crippen LogP contribution < -0.4 is 5.32 Å². The molecule has 0 fully saturated rings. The molecule has 0 unspecified atom stereocenters. The lowest BCUT2D eigenvalue weighted by molar-refractivity contribution is -0.138. The Morgan fingerprint density at radius 2 is 2.00 bits per heavy atom. The first-order valence-corrected chi connectivity index (χ1v) is 7.44. The van der Waals surface area contributed by atoms with Crippen molar-refractivity contribution in [2.24, 2.45) is 0 Å². The molecule has 1 aliphatic heterocycles. The van der Waals surface area contributed by atoms with Crippen LogP contribution in [0.15, 0.2) is 23.8 Å². The molecule has 2 rings (SSSR count). The van der Waals surface area contributed by atoms with Crippen LogP contribution in [0.5, 0.6) is 0 Å². The van der Waals surface area contributed by atoms with Crippen molar-refractivity contribution in [3.8, 4) is 0 Å². The van der Waals surface area contributed by atoms with Gasteiger partial charge in [0, 0.05) is 5.57 Å². The third-order valence-electron chi connectivity index (χ3n) is 3.26. The Labute approximate surface area is 128 Å². The number of carbonyl (C=O) groups excluding carboxylic acids is 1. The maximum Gasteiger partial charge on any atom is 0.334 e. The molecule has 1 aromatic carbocycles. The monoisotopic (exact) mass is 313 g/mol. The van der Waals surface area contributed by atoms with Crippen LogP contribution in [0.4, 0.5) is 0 Å². The fourth-order valence-electron chi connectivity index (χ4n) is 2.30.